The first-order valence-corrected chi connectivity index (χ1v) is 8.20. The van der Waals surface area contributed by atoms with Gasteiger partial charge >= 0.3 is 11.8 Å². The Labute approximate surface area is 140 Å². The summed E-state index contributed by atoms with van der Waals surface area (Å²) in [5, 5.41) is 10.6. The van der Waals surface area contributed by atoms with Crippen molar-refractivity contribution in [3.63, 3.8) is 0 Å². The van der Waals surface area contributed by atoms with Crippen LogP contribution in [0.5, 0.6) is 5.75 Å². The Morgan fingerprint density at radius 3 is 3.04 bits per heavy atom. The molecule has 1 aliphatic rings. The highest BCUT2D eigenvalue weighted by Crippen LogP contribution is 2.22. The molecule has 1 aromatic heterocycles. The molecule has 0 bridgehead atoms. The number of hydrogen-bond acceptors (Lipinski definition) is 5. The van der Waals surface area contributed by atoms with Crippen LogP contribution in [0.25, 0.3) is 11.5 Å². The van der Waals surface area contributed by atoms with Crippen molar-refractivity contribution < 1.29 is 13.9 Å². The number of allylic oxidation sites excluding steroid dienone is 1. The Morgan fingerprint density at radius 1 is 1.33 bits per heavy atom. The molecule has 0 atom stereocenters. The lowest BCUT2D eigenvalue weighted by molar-refractivity contribution is 0.0920. The van der Waals surface area contributed by atoms with Crippen LogP contribution in [-0.4, -0.2) is 29.8 Å². The highest BCUT2D eigenvalue weighted by atomic mass is 16.5. The Balaban J connectivity index is 1.58. The topological polar surface area (TPSA) is 77.2 Å². The number of benzene rings is 1. The molecule has 1 aromatic carbocycles. The molecule has 1 aliphatic carbocycles. The number of ether oxygens (including phenoxy) is 1. The van der Waals surface area contributed by atoms with Crippen molar-refractivity contribution in [1.82, 2.24) is 15.5 Å². The standard InChI is InChI=1S/C18H21N3O3/c1-23-15-9-5-8-14(12-15)17-20-21-18(24-17)16(22)19-11-10-13-6-3-2-4-7-13/h5-6,8-9,12H,2-4,7,10-11H2,1H3,(H,19,22). The summed E-state index contributed by atoms with van der Waals surface area (Å²) in [5.74, 6) is 0.630. The fourth-order valence-corrected chi connectivity index (χ4v) is 2.73. The molecule has 0 saturated carbocycles. The molecule has 2 aromatic rings. The number of nitrogens with one attached hydrogen (secondary N) is 1. The van der Waals surface area contributed by atoms with E-state index in [-0.39, 0.29) is 11.8 Å². The number of amides is 1. The van der Waals surface area contributed by atoms with Crippen molar-refractivity contribution in [3.8, 4) is 17.2 Å². The van der Waals surface area contributed by atoms with Gasteiger partial charge in [0.1, 0.15) is 5.75 Å². The molecule has 0 radical (unpaired) electrons. The van der Waals surface area contributed by atoms with Gasteiger partial charge in [0, 0.05) is 12.1 Å². The molecular weight excluding hydrogens is 306 g/mol. The van der Waals surface area contributed by atoms with Gasteiger partial charge in [-0.25, -0.2) is 0 Å². The third-order valence-electron chi connectivity index (χ3n) is 4.05. The van der Waals surface area contributed by atoms with Crippen LogP contribution in [0.2, 0.25) is 0 Å². The summed E-state index contributed by atoms with van der Waals surface area (Å²) in [6.45, 7) is 0.585. The molecule has 6 heteroatoms. The number of nitrogens with zero attached hydrogens (tertiary/aromatic N) is 2. The highest BCUT2D eigenvalue weighted by Gasteiger charge is 2.16. The van der Waals surface area contributed by atoms with Crippen LogP contribution in [0.3, 0.4) is 0 Å². The second-order valence-electron chi connectivity index (χ2n) is 5.76. The maximum absolute atomic E-state index is 12.1. The zero-order chi connectivity index (χ0) is 16.8. The number of methoxy groups -OCH3 is 1. The van der Waals surface area contributed by atoms with E-state index in [2.05, 4.69) is 21.6 Å². The first-order valence-electron chi connectivity index (χ1n) is 8.20. The Hall–Kier alpha value is -2.63. The summed E-state index contributed by atoms with van der Waals surface area (Å²) in [5.41, 5.74) is 2.14. The predicted octanol–water partition coefficient (Wildman–Crippen LogP) is 3.37. The molecule has 1 N–H and O–H groups in total. The Bertz CT molecular complexity index is 737. The van der Waals surface area contributed by atoms with Gasteiger partial charge in [-0.05, 0) is 50.3 Å². The maximum Gasteiger partial charge on any atom is 0.308 e. The van der Waals surface area contributed by atoms with Crippen LogP contribution in [0.4, 0.5) is 0 Å². The first kappa shape index (κ1) is 16.2. The van der Waals surface area contributed by atoms with Crippen LogP contribution >= 0.6 is 0 Å². The number of rotatable bonds is 6. The van der Waals surface area contributed by atoms with Gasteiger partial charge in [-0.2, -0.15) is 0 Å². The fraction of sp³-hybridized carbons (Fsp3) is 0.389. The van der Waals surface area contributed by atoms with Crippen LogP contribution in [0, 0.1) is 0 Å². The summed E-state index contributed by atoms with van der Waals surface area (Å²) in [4.78, 5) is 12.1. The van der Waals surface area contributed by atoms with Crippen LogP contribution < -0.4 is 10.1 Å². The fourth-order valence-electron chi connectivity index (χ4n) is 2.73. The van der Waals surface area contributed by atoms with Crippen molar-refractivity contribution in [3.05, 3.63) is 41.8 Å². The highest BCUT2D eigenvalue weighted by molar-refractivity contribution is 5.89. The van der Waals surface area contributed by atoms with Crippen LogP contribution in [0.15, 0.2) is 40.3 Å². The van der Waals surface area contributed by atoms with E-state index in [1.165, 1.54) is 18.4 Å². The van der Waals surface area contributed by atoms with E-state index >= 15 is 0 Å². The van der Waals surface area contributed by atoms with Gasteiger partial charge in [-0.3, -0.25) is 4.79 Å². The molecule has 126 valence electrons. The molecule has 0 fully saturated rings. The van der Waals surface area contributed by atoms with Gasteiger partial charge in [0.05, 0.1) is 7.11 Å². The van der Waals surface area contributed by atoms with Crippen molar-refractivity contribution in [2.24, 2.45) is 0 Å². The normalized spacial score (nSPS) is 14.1. The predicted molar refractivity (Wildman–Crippen MR) is 89.8 cm³/mol. The van der Waals surface area contributed by atoms with Crippen LogP contribution in [0.1, 0.15) is 42.8 Å². The average Bonchev–Trinajstić information content (AvgIpc) is 3.13. The smallest absolute Gasteiger partial charge is 0.308 e. The maximum atomic E-state index is 12.1. The second kappa shape index (κ2) is 7.77. The van der Waals surface area contributed by atoms with Gasteiger partial charge in [0.2, 0.25) is 5.89 Å². The zero-order valence-electron chi connectivity index (χ0n) is 13.7. The van der Waals surface area contributed by atoms with E-state index in [1.807, 2.05) is 18.2 Å². The summed E-state index contributed by atoms with van der Waals surface area (Å²) >= 11 is 0. The van der Waals surface area contributed by atoms with E-state index < -0.39 is 0 Å². The van der Waals surface area contributed by atoms with E-state index in [9.17, 15) is 4.79 Å². The van der Waals surface area contributed by atoms with Gasteiger partial charge in [-0.1, -0.05) is 17.7 Å². The summed E-state index contributed by atoms with van der Waals surface area (Å²) in [6.07, 6.45) is 7.96. The minimum absolute atomic E-state index is 0.0227. The van der Waals surface area contributed by atoms with E-state index in [0.717, 1.165) is 19.3 Å². The largest absolute Gasteiger partial charge is 0.497 e. The van der Waals surface area contributed by atoms with Gasteiger partial charge in [0.25, 0.3) is 0 Å². The minimum Gasteiger partial charge on any atom is -0.497 e. The van der Waals surface area contributed by atoms with Crippen molar-refractivity contribution in [1.29, 1.82) is 0 Å². The van der Waals surface area contributed by atoms with E-state index in [4.69, 9.17) is 9.15 Å². The van der Waals surface area contributed by atoms with Gasteiger partial charge in [0.15, 0.2) is 0 Å². The first-order chi connectivity index (χ1) is 11.8. The minimum atomic E-state index is -0.340. The van der Waals surface area contributed by atoms with Crippen molar-refractivity contribution >= 4 is 5.91 Å². The molecule has 3 rings (SSSR count). The molecule has 0 saturated heterocycles. The number of hydrogen-bond donors (Lipinski definition) is 1. The van der Waals surface area contributed by atoms with E-state index in [1.54, 1.807) is 13.2 Å². The van der Waals surface area contributed by atoms with E-state index in [0.29, 0.717) is 23.7 Å². The number of carbonyl (C=O) groups is 1. The van der Waals surface area contributed by atoms with Gasteiger partial charge < -0.3 is 14.5 Å². The third kappa shape index (κ3) is 4.01. The quantitative estimate of drug-likeness (QED) is 0.823. The molecule has 0 unspecified atom stereocenters. The number of carbonyl (C=O) groups excluding carboxylic acids is 1. The number of aromatic nitrogens is 2. The molecule has 1 heterocycles. The van der Waals surface area contributed by atoms with Crippen molar-refractivity contribution in [2.75, 3.05) is 13.7 Å². The SMILES string of the molecule is COc1cccc(-c2nnc(C(=O)NCCC3=CCCCC3)o2)c1. The molecule has 6 nitrogen and oxygen atoms in total. The summed E-state index contributed by atoms with van der Waals surface area (Å²) in [7, 11) is 1.59. The second-order valence-corrected chi connectivity index (χ2v) is 5.76. The Kier molecular flexibility index (Phi) is 5.25. The summed E-state index contributed by atoms with van der Waals surface area (Å²) in [6, 6.07) is 7.27. The summed E-state index contributed by atoms with van der Waals surface area (Å²) < 4.78 is 10.6. The van der Waals surface area contributed by atoms with Gasteiger partial charge in [-0.15, -0.1) is 10.2 Å². The van der Waals surface area contributed by atoms with Crippen LogP contribution in [-0.2, 0) is 0 Å². The average molecular weight is 327 g/mol. The monoisotopic (exact) mass is 327 g/mol. The lowest BCUT2D eigenvalue weighted by Gasteiger charge is -2.12. The lowest BCUT2D eigenvalue weighted by Crippen LogP contribution is -2.25. The molecule has 0 aliphatic heterocycles. The molecular formula is C18H21N3O3. The molecule has 1 amide bonds. The van der Waals surface area contributed by atoms with Crippen molar-refractivity contribution in [2.45, 2.75) is 32.1 Å². The third-order valence-corrected chi connectivity index (χ3v) is 4.05. The molecule has 24 heavy (non-hydrogen) atoms. The Morgan fingerprint density at radius 2 is 2.25 bits per heavy atom. The lowest BCUT2D eigenvalue weighted by atomic mass is 9.97. The molecule has 0 spiro atoms. The zero-order valence-corrected chi connectivity index (χ0v) is 13.7.